The first kappa shape index (κ1) is 14.9. The van der Waals surface area contributed by atoms with Crippen LogP contribution in [0.25, 0.3) is 0 Å². The number of hydrogen-bond acceptors (Lipinski definition) is 3. The first-order valence-corrected chi connectivity index (χ1v) is 9.93. The Hall–Kier alpha value is -1.39. The van der Waals surface area contributed by atoms with Gasteiger partial charge in [-0.05, 0) is 49.9 Å². The average molecular weight is 328 g/mol. The van der Waals surface area contributed by atoms with E-state index in [2.05, 4.69) is 15.1 Å². The summed E-state index contributed by atoms with van der Waals surface area (Å²) >= 11 is 0. The van der Waals surface area contributed by atoms with Crippen molar-refractivity contribution in [1.82, 2.24) is 20.1 Å². The predicted octanol–water partition coefficient (Wildman–Crippen LogP) is 3.36. The molecule has 0 aromatic carbocycles. The molecule has 5 heteroatoms. The maximum Gasteiger partial charge on any atom is 0.222 e. The SMILES string of the molecule is O=C(CC1CCCC1)N1CC(c2nc(C3CC3)n[nH]2)C2(CCC2)C1. The maximum atomic E-state index is 12.8. The van der Waals surface area contributed by atoms with Crippen LogP contribution in [0.15, 0.2) is 0 Å². The van der Waals surface area contributed by atoms with E-state index in [0.29, 0.717) is 23.7 Å². The van der Waals surface area contributed by atoms with Gasteiger partial charge < -0.3 is 4.90 Å². The quantitative estimate of drug-likeness (QED) is 0.922. The lowest BCUT2D eigenvalue weighted by Crippen LogP contribution is -2.38. The monoisotopic (exact) mass is 328 g/mol. The lowest BCUT2D eigenvalue weighted by molar-refractivity contribution is -0.131. The predicted molar refractivity (Wildman–Crippen MR) is 90.5 cm³/mol. The Morgan fingerprint density at radius 1 is 1.17 bits per heavy atom. The number of rotatable bonds is 4. The maximum absolute atomic E-state index is 12.8. The molecular weight excluding hydrogens is 300 g/mol. The summed E-state index contributed by atoms with van der Waals surface area (Å²) in [5.74, 6) is 4.05. The molecule has 5 rings (SSSR count). The molecule has 1 unspecified atom stereocenters. The van der Waals surface area contributed by atoms with Crippen LogP contribution in [0.4, 0.5) is 0 Å². The van der Waals surface area contributed by atoms with Gasteiger partial charge in [0.25, 0.3) is 0 Å². The Morgan fingerprint density at radius 3 is 2.62 bits per heavy atom. The summed E-state index contributed by atoms with van der Waals surface area (Å²) in [5, 5.41) is 7.69. The van der Waals surface area contributed by atoms with Crippen molar-refractivity contribution in [3.8, 4) is 0 Å². The van der Waals surface area contributed by atoms with E-state index in [1.807, 2.05) is 0 Å². The summed E-state index contributed by atoms with van der Waals surface area (Å²) < 4.78 is 0. The number of amides is 1. The summed E-state index contributed by atoms with van der Waals surface area (Å²) in [7, 11) is 0. The van der Waals surface area contributed by atoms with Gasteiger partial charge in [-0.3, -0.25) is 9.89 Å². The molecule has 130 valence electrons. The topological polar surface area (TPSA) is 61.9 Å². The van der Waals surface area contributed by atoms with Crippen molar-refractivity contribution in [1.29, 1.82) is 0 Å². The number of carbonyl (C=O) groups excluding carboxylic acids is 1. The van der Waals surface area contributed by atoms with Crippen LogP contribution in [0.3, 0.4) is 0 Å². The molecule has 5 nitrogen and oxygen atoms in total. The van der Waals surface area contributed by atoms with Gasteiger partial charge in [-0.1, -0.05) is 19.3 Å². The van der Waals surface area contributed by atoms with Crippen LogP contribution in [-0.2, 0) is 4.79 Å². The molecule has 1 aromatic rings. The fraction of sp³-hybridized carbons (Fsp3) is 0.842. The molecule has 1 N–H and O–H groups in total. The second-order valence-corrected chi connectivity index (χ2v) is 8.75. The molecule has 0 bridgehead atoms. The highest BCUT2D eigenvalue weighted by Crippen LogP contribution is 2.55. The van der Waals surface area contributed by atoms with Crippen LogP contribution < -0.4 is 0 Å². The Balaban J connectivity index is 1.31. The summed E-state index contributed by atoms with van der Waals surface area (Å²) in [6.07, 6.45) is 12.1. The average Bonchev–Trinajstić information content (AvgIpc) is 2.99. The molecule has 0 radical (unpaired) electrons. The first-order valence-electron chi connectivity index (χ1n) is 9.93. The number of hydrogen-bond donors (Lipinski definition) is 1. The third-order valence-electron chi connectivity index (χ3n) is 7.08. The summed E-state index contributed by atoms with van der Waals surface area (Å²) in [6.45, 7) is 1.80. The van der Waals surface area contributed by atoms with Crippen molar-refractivity contribution in [3.05, 3.63) is 11.6 Å². The van der Waals surface area contributed by atoms with Gasteiger partial charge >= 0.3 is 0 Å². The van der Waals surface area contributed by atoms with Crippen molar-refractivity contribution in [2.45, 2.75) is 76.0 Å². The van der Waals surface area contributed by atoms with E-state index in [1.165, 1.54) is 57.8 Å². The Morgan fingerprint density at radius 2 is 1.96 bits per heavy atom. The van der Waals surface area contributed by atoms with Gasteiger partial charge in [-0.2, -0.15) is 5.10 Å². The van der Waals surface area contributed by atoms with Crippen LogP contribution in [0.5, 0.6) is 0 Å². The van der Waals surface area contributed by atoms with E-state index in [-0.39, 0.29) is 5.41 Å². The van der Waals surface area contributed by atoms with Gasteiger partial charge in [0.1, 0.15) is 5.82 Å². The van der Waals surface area contributed by atoms with E-state index in [1.54, 1.807) is 0 Å². The number of carbonyl (C=O) groups is 1. The first-order chi connectivity index (χ1) is 11.7. The molecule has 1 saturated heterocycles. The zero-order valence-electron chi connectivity index (χ0n) is 14.5. The normalized spacial score (nSPS) is 29.3. The molecular formula is C19H28N4O. The van der Waals surface area contributed by atoms with Crippen molar-refractivity contribution < 1.29 is 4.79 Å². The number of nitrogens with zero attached hydrogens (tertiary/aromatic N) is 3. The molecule has 3 aliphatic carbocycles. The van der Waals surface area contributed by atoms with Gasteiger partial charge in [0.15, 0.2) is 5.82 Å². The van der Waals surface area contributed by atoms with E-state index < -0.39 is 0 Å². The molecule has 24 heavy (non-hydrogen) atoms. The van der Waals surface area contributed by atoms with Crippen molar-refractivity contribution in [2.75, 3.05) is 13.1 Å². The third-order valence-corrected chi connectivity index (χ3v) is 7.08. The van der Waals surface area contributed by atoms with Gasteiger partial charge in [-0.15, -0.1) is 0 Å². The zero-order chi connectivity index (χ0) is 16.1. The highest BCUT2D eigenvalue weighted by atomic mass is 16.2. The Kier molecular flexibility index (Phi) is 3.46. The molecule has 1 spiro atoms. The molecule has 1 aliphatic heterocycles. The summed E-state index contributed by atoms with van der Waals surface area (Å²) in [4.78, 5) is 19.8. The lowest BCUT2D eigenvalue weighted by Gasteiger charge is -2.41. The molecule has 4 aliphatic rings. The highest BCUT2D eigenvalue weighted by Gasteiger charge is 2.53. The third kappa shape index (κ3) is 2.47. The van der Waals surface area contributed by atoms with Crippen LogP contribution in [-0.4, -0.2) is 39.1 Å². The largest absolute Gasteiger partial charge is 0.341 e. The minimum absolute atomic E-state index is 0.283. The molecule has 1 amide bonds. The van der Waals surface area contributed by atoms with Crippen LogP contribution in [0.2, 0.25) is 0 Å². The van der Waals surface area contributed by atoms with Gasteiger partial charge in [0, 0.05) is 31.3 Å². The van der Waals surface area contributed by atoms with Crippen molar-refractivity contribution in [2.24, 2.45) is 11.3 Å². The molecule has 4 fully saturated rings. The van der Waals surface area contributed by atoms with Gasteiger partial charge in [0.2, 0.25) is 5.91 Å². The standard InChI is InChI=1S/C19H28N4O/c24-16(10-13-4-1-2-5-13)23-11-15(19(12-23)8-3-9-19)18-20-17(21-22-18)14-6-7-14/h13-15H,1-12H2,(H,20,21,22). The fourth-order valence-corrected chi connectivity index (χ4v) is 5.23. The van der Waals surface area contributed by atoms with Gasteiger partial charge in [0.05, 0.1) is 0 Å². The smallest absolute Gasteiger partial charge is 0.222 e. The van der Waals surface area contributed by atoms with Crippen molar-refractivity contribution >= 4 is 5.91 Å². The number of nitrogens with one attached hydrogen (secondary N) is 1. The number of aromatic nitrogens is 3. The fourth-order valence-electron chi connectivity index (χ4n) is 5.23. The zero-order valence-corrected chi connectivity index (χ0v) is 14.5. The molecule has 3 saturated carbocycles. The number of likely N-dealkylation sites (tertiary alicyclic amines) is 1. The molecule has 2 heterocycles. The number of H-pyrrole nitrogens is 1. The van der Waals surface area contributed by atoms with Crippen LogP contribution >= 0.6 is 0 Å². The van der Waals surface area contributed by atoms with Crippen LogP contribution in [0.1, 0.15) is 87.7 Å². The summed E-state index contributed by atoms with van der Waals surface area (Å²) in [6, 6.07) is 0. The van der Waals surface area contributed by atoms with E-state index >= 15 is 0 Å². The van der Waals surface area contributed by atoms with E-state index in [4.69, 9.17) is 4.98 Å². The van der Waals surface area contributed by atoms with E-state index in [9.17, 15) is 4.79 Å². The lowest BCUT2D eigenvalue weighted by atomic mass is 9.62. The highest BCUT2D eigenvalue weighted by molar-refractivity contribution is 5.77. The van der Waals surface area contributed by atoms with Crippen molar-refractivity contribution in [3.63, 3.8) is 0 Å². The Labute approximate surface area is 143 Å². The molecule has 1 aromatic heterocycles. The van der Waals surface area contributed by atoms with Crippen LogP contribution in [0, 0.1) is 11.3 Å². The minimum atomic E-state index is 0.283. The Bertz CT molecular complexity index is 625. The summed E-state index contributed by atoms with van der Waals surface area (Å²) in [5.41, 5.74) is 0.283. The van der Waals surface area contributed by atoms with E-state index in [0.717, 1.165) is 31.2 Å². The minimum Gasteiger partial charge on any atom is -0.341 e. The second kappa shape index (κ2) is 5.57. The molecule has 1 atom stereocenters. The van der Waals surface area contributed by atoms with Gasteiger partial charge in [-0.25, -0.2) is 4.98 Å². The second-order valence-electron chi connectivity index (χ2n) is 8.75. The number of aromatic amines is 1.